The number of carbonyl (C=O) groups excluding carboxylic acids is 1. The number of ether oxygens (including phenoxy) is 2. The molecule has 38 heavy (non-hydrogen) atoms. The van der Waals surface area contributed by atoms with Crippen molar-refractivity contribution in [3.05, 3.63) is 83.7 Å². The number of imidazole rings is 1. The maximum absolute atomic E-state index is 12.8. The second kappa shape index (κ2) is 13.0. The molecule has 4 aromatic rings. The molecule has 0 aliphatic heterocycles. The molecule has 0 fully saturated rings. The molecule has 202 valence electrons. The van der Waals surface area contributed by atoms with E-state index in [0.717, 1.165) is 35.7 Å². The Morgan fingerprint density at radius 1 is 1.03 bits per heavy atom. The Morgan fingerprint density at radius 2 is 1.68 bits per heavy atom. The van der Waals surface area contributed by atoms with Crippen molar-refractivity contribution in [3.63, 3.8) is 0 Å². The van der Waals surface area contributed by atoms with Gasteiger partial charge in [-0.1, -0.05) is 48.5 Å². The summed E-state index contributed by atoms with van der Waals surface area (Å²) in [6, 6.07) is 22.8. The van der Waals surface area contributed by atoms with Crippen molar-refractivity contribution in [2.45, 2.75) is 39.4 Å². The van der Waals surface area contributed by atoms with Gasteiger partial charge in [-0.15, -0.1) is 12.4 Å². The third-order valence-corrected chi connectivity index (χ3v) is 6.91. The number of rotatable bonds is 9. The largest absolute Gasteiger partial charge is 1.00 e. The summed E-state index contributed by atoms with van der Waals surface area (Å²) in [5.74, 6) is 1.84. The lowest BCUT2D eigenvalue weighted by Crippen LogP contribution is -3.00. The molecule has 0 bridgehead atoms. The smallest absolute Gasteiger partial charge is 0.407 e. The first kappa shape index (κ1) is 29.3. The van der Waals surface area contributed by atoms with Gasteiger partial charge in [-0.2, -0.15) is 0 Å². The Hall–Kier alpha value is -3.26. The number of amides is 1. The molecule has 3 N–H and O–H groups in total. The monoisotopic (exact) mass is 556 g/mol. The number of nitrogens with two attached hydrogens (primary N) is 1. The Bertz CT molecular complexity index is 1360. The topological polar surface area (TPSA) is 82.4 Å². The van der Waals surface area contributed by atoms with Crippen molar-refractivity contribution in [2.75, 3.05) is 19.8 Å². The third kappa shape index (κ3) is 5.46. The van der Waals surface area contributed by atoms with Crippen LogP contribution in [0.25, 0.3) is 22.2 Å². The third-order valence-electron chi connectivity index (χ3n) is 6.91. The van der Waals surface area contributed by atoms with E-state index < -0.39 is 6.09 Å². The molecule has 0 saturated heterocycles. The summed E-state index contributed by atoms with van der Waals surface area (Å²) in [5.41, 5.74) is 12.6. The molecule has 3 aromatic carbocycles. The summed E-state index contributed by atoms with van der Waals surface area (Å²) < 4.78 is 15.9. The first-order valence-corrected chi connectivity index (χ1v) is 12.6. The van der Waals surface area contributed by atoms with E-state index in [2.05, 4.69) is 70.8 Å². The van der Waals surface area contributed by atoms with Crippen molar-refractivity contribution >= 4 is 29.5 Å². The molecule has 1 aliphatic rings. The Morgan fingerprint density at radius 3 is 2.29 bits per heavy atom. The van der Waals surface area contributed by atoms with Gasteiger partial charge >= 0.3 is 6.09 Å². The number of aryl methyl sites for hydroxylation is 2. The maximum Gasteiger partial charge on any atom is 0.407 e. The van der Waals surface area contributed by atoms with E-state index >= 15 is 0 Å². The molecule has 0 spiro atoms. The summed E-state index contributed by atoms with van der Waals surface area (Å²) in [7, 11) is 0. The van der Waals surface area contributed by atoms with Crippen molar-refractivity contribution in [3.8, 4) is 16.9 Å². The fraction of sp³-hybridized carbons (Fsp3) is 0.310. The minimum Gasteiger partial charge on any atom is -1.00 e. The zero-order valence-electron chi connectivity index (χ0n) is 21.7. The van der Waals surface area contributed by atoms with Crippen molar-refractivity contribution in [1.29, 1.82) is 0 Å². The number of fused-ring (bicyclic) bond motifs is 4. The number of nitrogens with one attached hydrogen (secondary N) is 1. The van der Waals surface area contributed by atoms with E-state index in [9.17, 15) is 4.79 Å². The molecular weight excluding hydrogens is 523 g/mol. The van der Waals surface area contributed by atoms with E-state index in [1.54, 1.807) is 0 Å². The molecular formula is C29H34Cl2N4O3. The van der Waals surface area contributed by atoms with Crippen LogP contribution in [0.15, 0.2) is 66.7 Å². The number of carbonyl (C=O) groups is 1. The van der Waals surface area contributed by atoms with Gasteiger partial charge in [0.25, 0.3) is 5.82 Å². The second-order valence-electron chi connectivity index (χ2n) is 8.87. The van der Waals surface area contributed by atoms with Gasteiger partial charge in [-0.05, 0) is 48.2 Å². The van der Waals surface area contributed by atoms with E-state index in [1.165, 1.54) is 22.3 Å². The van der Waals surface area contributed by atoms with Gasteiger partial charge in [0.2, 0.25) is 0 Å². The lowest BCUT2D eigenvalue weighted by atomic mass is 9.98. The Labute approximate surface area is 235 Å². The second-order valence-corrected chi connectivity index (χ2v) is 8.87. The highest BCUT2D eigenvalue weighted by Crippen LogP contribution is 2.44. The number of halogens is 2. The SMILES string of the molecule is CCn1c(CNC(=O)OCC2c3ccccc3-c3ccccc32)[n+](CC)c2ccc(OCCN)cc21.Cl.[Cl-]. The number of hydrogen-bond acceptors (Lipinski definition) is 4. The van der Waals surface area contributed by atoms with Gasteiger partial charge in [0, 0.05) is 18.5 Å². The van der Waals surface area contributed by atoms with Gasteiger partial charge in [0.1, 0.15) is 25.5 Å². The molecule has 1 heterocycles. The zero-order valence-corrected chi connectivity index (χ0v) is 23.2. The summed E-state index contributed by atoms with van der Waals surface area (Å²) >= 11 is 0. The van der Waals surface area contributed by atoms with E-state index in [-0.39, 0.29) is 30.7 Å². The van der Waals surface area contributed by atoms with Crippen molar-refractivity contribution in [1.82, 2.24) is 9.88 Å². The first-order chi connectivity index (χ1) is 17.7. The summed E-state index contributed by atoms with van der Waals surface area (Å²) in [5, 5.41) is 2.98. The average molecular weight is 558 g/mol. The number of aromatic nitrogens is 2. The predicted octanol–water partition coefficient (Wildman–Crippen LogP) is 1.77. The van der Waals surface area contributed by atoms with Crippen LogP contribution in [0.3, 0.4) is 0 Å². The van der Waals surface area contributed by atoms with Crippen LogP contribution in [0.1, 0.15) is 36.7 Å². The molecule has 0 saturated carbocycles. The molecule has 7 nitrogen and oxygen atoms in total. The highest BCUT2D eigenvalue weighted by molar-refractivity contribution is 5.85. The molecule has 0 radical (unpaired) electrons. The normalized spacial score (nSPS) is 11.8. The summed E-state index contributed by atoms with van der Waals surface area (Å²) in [6.45, 7) is 7.37. The number of nitrogens with zero attached hydrogens (tertiary/aromatic N) is 2. The summed E-state index contributed by atoms with van der Waals surface area (Å²) in [6.07, 6.45) is -0.417. The van der Waals surface area contributed by atoms with E-state index in [0.29, 0.717) is 26.3 Å². The maximum atomic E-state index is 12.8. The highest BCUT2D eigenvalue weighted by Gasteiger charge is 2.29. The van der Waals surface area contributed by atoms with Crippen molar-refractivity contribution in [2.24, 2.45) is 5.73 Å². The predicted molar refractivity (Wildman–Crippen MR) is 147 cm³/mol. The number of benzene rings is 3. The van der Waals surface area contributed by atoms with E-state index in [1.807, 2.05) is 24.3 Å². The van der Waals surface area contributed by atoms with Gasteiger partial charge < -0.3 is 32.9 Å². The molecule has 5 rings (SSSR count). The highest BCUT2D eigenvalue weighted by atomic mass is 35.5. The van der Waals surface area contributed by atoms with Crippen LogP contribution in [0.5, 0.6) is 5.75 Å². The Balaban J connectivity index is 0.00000200. The lowest BCUT2D eigenvalue weighted by Gasteiger charge is -2.14. The zero-order chi connectivity index (χ0) is 25.1. The minimum absolute atomic E-state index is 0. The fourth-order valence-electron chi connectivity index (χ4n) is 5.34. The molecule has 1 aliphatic carbocycles. The van der Waals surface area contributed by atoms with Gasteiger partial charge in [0.05, 0.1) is 13.1 Å². The Kier molecular flexibility index (Phi) is 10.0. The average Bonchev–Trinajstić information content (AvgIpc) is 3.40. The van der Waals surface area contributed by atoms with Crippen LogP contribution in [-0.4, -0.2) is 30.4 Å². The number of alkyl carbamates (subject to hydrolysis) is 1. The minimum atomic E-state index is -0.417. The van der Waals surface area contributed by atoms with Gasteiger partial charge in [-0.3, -0.25) is 0 Å². The van der Waals surface area contributed by atoms with Crippen LogP contribution in [0.2, 0.25) is 0 Å². The number of hydrogen-bond donors (Lipinski definition) is 2. The molecule has 1 aromatic heterocycles. The van der Waals surface area contributed by atoms with Gasteiger partial charge in [0.15, 0.2) is 11.0 Å². The molecule has 9 heteroatoms. The van der Waals surface area contributed by atoms with Crippen molar-refractivity contribution < 1.29 is 31.2 Å². The van der Waals surface area contributed by atoms with Crippen LogP contribution < -0.4 is 32.8 Å². The fourth-order valence-corrected chi connectivity index (χ4v) is 5.34. The molecule has 1 amide bonds. The van der Waals surface area contributed by atoms with Crippen LogP contribution in [0, 0.1) is 0 Å². The summed E-state index contributed by atoms with van der Waals surface area (Å²) in [4.78, 5) is 12.8. The first-order valence-electron chi connectivity index (χ1n) is 12.6. The lowest BCUT2D eigenvalue weighted by molar-refractivity contribution is -0.676. The molecule has 0 atom stereocenters. The van der Waals surface area contributed by atoms with Crippen LogP contribution in [-0.2, 0) is 24.4 Å². The van der Waals surface area contributed by atoms with E-state index in [4.69, 9.17) is 15.2 Å². The van der Waals surface area contributed by atoms with Crippen LogP contribution >= 0.6 is 12.4 Å². The quantitative estimate of drug-likeness (QED) is 0.308. The van der Waals surface area contributed by atoms with Crippen LogP contribution in [0.4, 0.5) is 4.79 Å². The standard InChI is InChI=1S/C29H32N4O3.2ClH/c1-3-32-26-14-13-20(35-16-15-30)17-27(26)33(4-2)28(32)18-31-29(34)36-19-25-23-11-7-5-9-21(23)22-10-6-8-12-24(22)25;;/h5-14,17,25H,3-4,15-16,18-19,30H2,1-2H3;2*1H. The molecule has 0 unspecified atom stereocenters. The van der Waals surface area contributed by atoms with Gasteiger partial charge in [-0.25, -0.2) is 13.9 Å².